The van der Waals surface area contributed by atoms with Crippen molar-refractivity contribution in [3.8, 4) is 5.75 Å². The van der Waals surface area contributed by atoms with Crippen LogP contribution in [0.3, 0.4) is 0 Å². The largest absolute Gasteiger partial charge is 0.492 e. The number of nitrogens with one attached hydrogen (secondary N) is 1. The van der Waals surface area contributed by atoms with Crippen molar-refractivity contribution >= 4 is 21.6 Å². The summed E-state index contributed by atoms with van der Waals surface area (Å²) in [6.45, 7) is 4.04. The molecule has 0 bridgehead atoms. The van der Waals surface area contributed by atoms with E-state index in [1.165, 1.54) is 11.6 Å². The number of ether oxygens (including phenoxy) is 1. The van der Waals surface area contributed by atoms with Gasteiger partial charge < -0.3 is 4.74 Å². The zero-order valence-corrected chi connectivity index (χ0v) is 15.4. The fraction of sp³-hybridized carbons (Fsp3) is 0.333. The Hall–Kier alpha value is -1.56. The smallest absolute Gasteiger partial charge is 0.244 e. The van der Waals surface area contributed by atoms with Gasteiger partial charge in [0.25, 0.3) is 0 Å². The first-order valence-corrected chi connectivity index (χ1v) is 9.77. The van der Waals surface area contributed by atoms with Crippen molar-refractivity contribution in [3.05, 3.63) is 59.1 Å². The van der Waals surface area contributed by atoms with Crippen LogP contribution in [0.15, 0.2) is 53.4 Å². The van der Waals surface area contributed by atoms with Gasteiger partial charge in [-0.1, -0.05) is 41.9 Å². The lowest BCUT2D eigenvalue weighted by Crippen LogP contribution is -2.33. The lowest BCUT2D eigenvalue weighted by atomic mass is 10.1. The first kappa shape index (κ1) is 18.8. The highest BCUT2D eigenvalue weighted by atomic mass is 35.5. The first-order chi connectivity index (χ1) is 11.4. The fourth-order valence-electron chi connectivity index (χ4n) is 2.38. The molecule has 1 atom stereocenters. The molecule has 0 unspecified atom stereocenters. The SMILES string of the molecule is CCOc1ccc(Cl)cc1S(=O)(=O)N[C@H](C)CCc1ccccc1. The lowest BCUT2D eigenvalue weighted by Gasteiger charge is -2.16. The maximum Gasteiger partial charge on any atom is 0.244 e. The summed E-state index contributed by atoms with van der Waals surface area (Å²) < 4.78 is 33.4. The highest BCUT2D eigenvalue weighted by Crippen LogP contribution is 2.27. The minimum atomic E-state index is -3.70. The molecule has 0 amide bonds. The molecule has 0 heterocycles. The summed E-state index contributed by atoms with van der Waals surface area (Å²) in [7, 11) is -3.70. The molecule has 0 spiro atoms. The monoisotopic (exact) mass is 367 g/mol. The Bertz CT molecular complexity index is 763. The molecule has 2 aromatic carbocycles. The van der Waals surface area contributed by atoms with Crippen LogP contribution >= 0.6 is 11.6 Å². The highest BCUT2D eigenvalue weighted by Gasteiger charge is 2.22. The van der Waals surface area contributed by atoms with Gasteiger partial charge in [-0.2, -0.15) is 0 Å². The zero-order chi connectivity index (χ0) is 17.6. The van der Waals surface area contributed by atoms with Crippen molar-refractivity contribution in [2.75, 3.05) is 6.61 Å². The molecule has 2 aromatic rings. The van der Waals surface area contributed by atoms with Gasteiger partial charge in [0, 0.05) is 11.1 Å². The standard InChI is InChI=1S/C18H22ClNO3S/c1-3-23-17-12-11-16(19)13-18(17)24(21,22)20-14(2)9-10-15-7-5-4-6-8-15/h4-8,11-14,20H,3,9-10H2,1-2H3/t14-/m1/s1. The van der Waals surface area contributed by atoms with Crippen molar-refractivity contribution in [1.29, 1.82) is 0 Å². The number of aryl methyl sites for hydroxylation is 1. The maximum atomic E-state index is 12.7. The van der Waals surface area contributed by atoms with Gasteiger partial charge in [-0.15, -0.1) is 0 Å². The van der Waals surface area contributed by atoms with Crippen LogP contribution < -0.4 is 9.46 Å². The molecule has 0 aliphatic carbocycles. The van der Waals surface area contributed by atoms with Gasteiger partial charge >= 0.3 is 0 Å². The summed E-state index contributed by atoms with van der Waals surface area (Å²) in [6, 6.07) is 14.4. The van der Waals surface area contributed by atoms with Crippen molar-refractivity contribution in [2.45, 2.75) is 37.6 Å². The summed E-state index contributed by atoms with van der Waals surface area (Å²) in [5.74, 6) is 0.310. The second-order valence-electron chi connectivity index (χ2n) is 5.57. The molecule has 130 valence electrons. The normalized spacial score (nSPS) is 12.8. The number of benzene rings is 2. The zero-order valence-electron chi connectivity index (χ0n) is 13.8. The predicted molar refractivity (Wildman–Crippen MR) is 97.2 cm³/mol. The van der Waals surface area contributed by atoms with Gasteiger partial charge in [-0.05, 0) is 50.5 Å². The van der Waals surface area contributed by atoms with E-state index in [-0.39, 0.29) is 10.9 Å². The Morgan fingerprint density at radius 2 is 1.88 bits per heavy atom. The minimum Gasteiger partial charge on any atom is -0.492 e. The average molecular weight is 368 g/mol. The Labute approximate surface area is 148 Å². The summed E-state index contributed by atoms with van der Waals surface area (Å²) in [6.07, 6.45) is 1.51. The van der Waals surface area contributed by atoms with Gasteiger partial charge in [0.05, 0.1) is 6.61 Å². The molecular formula is C18H22ClNO3S. The van der Waals surface area contributed by atoms with Crippen LogP contribution in [0.4, 0.5) is 0 Å². The van der Waals surface area contributed by atoms with E-state index >= 15 is 0 Å². The topological polar surface area (TPSA) is 55.4 Å². The van der Waals surface area contributed by atoms with Crippen molar-refractivity contribution < 1.29 is 13.2 Å². The van der Waals surface area contributed by atoms with Crippen molar-refractivity contribution in [2.24, 2.45) is 0 Å². The Morgan fingerprint density at radius 3 is 2.54 bits per heavy atom. The van der Waals surface area contributed by atoms with Crippen LogP contribution in [0, 0.1) is 0 Å². The van der Waals surface area contributed by atoms with E-state index in [2.05, 4.69) is 4.72 Å². The van der Waals surface area contributed by atoms with Crippen LogP contribution in [0.2, 0.25) is 5.02 Å². The van der Waals surface area contributed by atoms with Crippen LogP contribution in [0.25, 0.3) is 0 Å². The average Bonchev–Trinajstić information content (AvgIpc) is 2.55. The molecule has 1 N–H and O–H groups in total. The molecule has 0 saturated carbocycles. The van der Waals surface area contributed by atoms with Gasteiger partial charge in [0.1, 0.15) is 10.6 Å². The number of halogens is 1. The van der Waals surface area contributed by atoms with Gasteiger partial charge in [-0.25, -0.2) is 13.1 Å². The van der Waals surface area contributed by atoms with E-state index in [4.69, 9.17) is 16.3 Å². The second kappa shape index (κ2) is 8.51. The molecule has 2 rings (SSSR count). The summed E-state index contributed by atoms with van der Waals surface area (Å²) in [4.78, 5) is 0.0726. The molecule has 0 aromatic heterocycles. The van der Waals surface area contributed by atoms with Crippen molar-refractivity contribution in [1.82, 2.24) is 4.72 Å². The third-order valence-corrected chi connectivity index (χ3v) is 5.41. The van der Waals surface area contributed by atoms with E-state index in [0.717, 1.165) is 6.42 Å². The quantitative estimate of drug-likeness (QED) is 0.766. The number of rotatable bonds is 8. The van der Waals surface area contributed by atoms with Crippen LogP contribution in [-0.2, 0) is 16.4 Å². The third-order valence-electron chi connectivity index (χ3n) is 3.56. The Kier molecular flexibility index (Phi) is 6.66. The third kappa shape index (κ3) is 5.23. The van der Waals surface area contributed by atoms with Gasteiger partial charge in [-0.3, -0.25) is 0 Å². The molecule has 6 heteroatoms. The van der Waals surface area contributed by atoms with E-state index in [9.17, 15) is 8.42 Å². The molecule has 0 aliphatic rings. The highest BCUT2D eigenvalue weighted by molar-refractivity contribution is 7.89. The molecule has 0 aliphatic heterocycles. The number of hydrogen-bond donors (Lipinski definition) is 1. The fourth-order valence-corrected chi connectivity index (χ4v) is 4.07. The molecule has 24 heavy (non-hydrogen) atoms. The predicted octanol–water partition coefficient (Wildman–Crippen LogP) is 4.04. The Morgan fingerprint density at radius 1 is 1.17 bits per heavy atom. The summed E-state index contributed by atoms with van der Waals surface area (Å²) in [5, 5.41) is 0.357. The van der Waals surface area contributed by atoms with Gasteiger partial charge in [0.15, 0.2) is 0 Å². The molecule has 4 nitrogen and oxygen atoms in total. The first-order valence-electron chi connectivity index (χ1n) is 7.91. The number of sulfonamides is 1. The van der Waals surface area contributed by atoms with Crippen LogP contribution in [0.1, 0.15) is 25.8 Å². The molecular weight excluding hydrogens is 346 g/mol. The summed E-state index contributed by atoms with van der Waals surface area (Å²) >= 11 is 5.95. The van der Waals surface area contributed by atoms with Gasteiger partial charge in [0.2, 0.25) is 10.0 Å². The molecule has 0 radical (unpaired) electrons. The van der Waals surface area contributed by atoms with E-state index in [1.54, 1.807) is 19.1 Å². The van der Waals surface area contributed by atoms with Crippen LogP contribution in [0.5, 0.6) is 5.75 Å². The van der Waals surface area contributed by atoms with Crippen LogP contribution in [-0.4, -0.2) is 21.1 Å². The van der Waals surface area contributed by atoms with E-state index < -0.39 is 10.0 Å². The number of hydrogen-bond acceptors (Lipinski definition) is 3. The molecule has 0 saturated heterocycles. The van der Waals surface area contributed by atoms with E-state index in [0.29, 0.717) is 23.8 Å². The maximum absolute atomic E-state index is 12.7. The lowest BCUT2D eigenvalue weighted by molar-refractivity contribution is 0.331. The second-order valence-corrected chi connectivity index (χ2v) is 7.69. The van der Waals surface area contributed by atoms with E-state index in [1.807, 2.05) is 37.3 Å². The summed E-state index contributed by atoms with van der Waals surface area (Å²) in [5.41, 5.74) is 1.18. The Balaban J connectivity index is 2.09. The molecule has 0 fully saturated rings. The minimum absolute atomic E-state index is 0.0726. The van der Waals surface area contributed by atoms with Crippen molar-refractivity contribution in [3.63, 3.8) is 0 Å².